The number of nitrogens with two attached hydrogens (primary N) is 1. The van der Waals surface area contributed by atoms with Crippen molar-refractivity contribution in [3.05, 3.63) is 107 Å². The Morgan fingerprint density at radius 3 is 1.63 bits per heavy atom. The van der Waals surface area contributed by atoms with Gasteiger partial charge >= 0.3 is 0 Å². The van der Waals surface area contributed by atoms with Gasteiger partial charge in [0.2, 0.25) is 11.6 Å². The van der Waals surface area contributed by atoms with E-state index in [1.807, 2.05) is 0 Å². The molecule has 1 aromatic heterocycles. The summed E-state index contributed by atoms with van der Waals surface area (Å²) >= 11 is 0. The van der Waals surface area contributed by atoms with Crippen molar-refractivity contribution in [2.24, 2.45) is 40.9 Å². The Kier molecular flexibility index (Phi) is 16.2. The smallest absolute Gasteiger partial charge is 0.299 e. The molecule has 448 valence electrons. The minimum atomic E-state index is -5.70. The number of carbonyl (C=O) groups excluding carboxylic acids is 1. The second kappa shape index (κ2) is 22.3. The molecule has 0 unspecified atom stereocenters. The molecule has 11 N–H and O–H groups in total. The van der Waals surface area contributed by atoms with Crippen molar-refractivity contribution in [3.63, 3.8) is 0 Å². The number of nitrogens with zero attached hydrogens (tertiary/aromatic N) is 11. The maximum atomic E-state index is 13.1. The first-order valence-corrected chi connectivity index (χ1v) is 30.8. The number of carbonyl (C=O) groups is 1. The lowest BCUT2D eigenvalue weighted by Crippen LogP contribution is -2.03. The van der Waals surface area contributed by atoms with E-state index < -0.39 is 197 Å². The van der Waals surface area contributed by atoms with Crippen LogP contribution >= 0.6 is 0 Å². The number of rotatable bonds is 18. The number of phenolic OH excluding ortho intramolecular Hbond substituents is 2. The standard InChI is InChI=1S/C43H30N12O25S6/c1-18-12-32(83(68,69)70)29(49-52-38-42(80-17-56)53-54(43(38)59)19-2-5-21(6-3-19)81(62,63)64)15-28(18)48-51-37-34(85(74,75)76)14-24-22(39(37)57)7-11-27(41(24)86(77,78)79)47-50-30-16-31(82(65,66)67)23-8-10-26(40(58)35(23)36(30)44)46-45-25-9-4-20(55(60)61)13-33(25)84(71,72)73/h2-17,57-59H,44H2,1H3,(H,62,63,64)(H,65,66,67)(H,68,69,70)(H,71,72,73)(H,74,75,76)(H,77,78,79). The number of ether oxygens (including phenoxy) is 1. The predicted molar refractivity (Wildman–Crippen MR) is 287 cm³/mol. The Morgan fingerprint density at radius 2 is 1.05 bits per heavy atom. The van der Waals surface area contributed by atoms with Crippen LogP contribution in [0.15, 0.2) is 161 Å². The topological polar surface area (TPSA) is 599 Å². The Balaban J connectivity index is 1.22. The summed E-state index contributed by atoms with van der Waals surface area (Å²) in [6, 6.07) is 11.5. The highest BCUT2D eigenvalue weighted by atomic mass is 32.2. The second-order valence-corrected chi connectivity index (χ2v) is 25.3. The second-order valence-electron chi connectivity index (χ2n) is 17.0. The summed E-state index contributed by atoms with van der Waals surface area (Å²) in [5.41, 5.74) is -2.09. The molecule has 0 saturated carbocycles. The van der Waals surface area contributed by atoms with Crippen molar-refractivity contribution >= 4 is 146 Å². The number of nitro benzene ring substituents is 1. The van der Waals surface area contributed by atoms with Gasteiger partial charge in [-0.3, -0.25) is 42.2 Å². The van der Waals surface area contributed by atoms with Crippen LogP contribution in [0.5, 0.6) is 23.3 Å². The monoisotopic (exact) mass is 1310 g/mol. The Hall–Kier alpha value is -9.80. The van der Waals surface area contributed by atoms with Gasteiger partial charge in [-0.25, -0.2) is 0 Å². The van der Waals surface area contributed by atoms with Crippen molar-refractivity contribution in [1.29, 1.82) is 0 Å². The summed E-state index contributed by atoms with van der Waals surface area (Å²) in [6.45, 7) is 0.978. The number of phenols is 2. The van der Waals surface area contributed by atoms with Crippen molar-refractivity contribution < 1.29 is 108 Å². The summed E-state index contributed by atoms with van der Waals surface area (Å²) in [5.74, 6) is -4.17. The lowest BCUT2D eigenvalue weighted by molar-refractivity contribution is -0.385. The number of hydrogen-bond donors (Lipinski definition) is 10. The number of nitrogen functional groups attached to an aromatic ring is 1. The summed E-state index contributed by atoms with van der Waals surface area (Å²) in [5, 5.41) is 75.6. The number of benzene rings is 7. The Bertz CT molecular complexity index is 5140. The maximum absolute atomic E-state index is 13.1. The minimum Gasteiger partial charge on any atom is -0.505 e. The fourth-order valence-corrected chi connectivity index (χ4v) is 11.8. The van der Waals surface area contributed by atoms with Gasteiger partial charge < -0.3 is 25.8 Å². The minimum absolute atomic E-state index is 0.134. The number of hydrogen-bond acceptors (Lipinski definition) is 29. The SMILES string of the molecule is Cc1cc(S(=O)(=O)O)c(N=Nc2c(OC=O)nn(-c3ccc(S(=O)(=O)O)cc3)c2O)cc1N=Nc1c(S(=O)(=O)O)cc2c(S(=O)(=O)O)c(N=Nc3cc(S(=O)(=O)O)c4ccc(N=Nc5ccc([N+](=O)[O-])cc5S(=O)(=O)O)c(O)c4c3N)ccc2c1O. The van der Waals surface area contributed by atoms with E-state index >= 15 is 0 Å². The maximum Gasteiger partial charge on any atom is 0.299 e. The largest absolute Gasteiger partial charge is 0.505 e. The molecule has 1 heterocycles. The molecular formula is C43H30N12O25S6. The summed E-state index contributed by atoms with van der Waals surface area (Å²) in [6.07, 6.45) is 0. The van der Waals surface area contributed by atoms with Crippen LogP contribution in [0, 0.1) is 17.0 Å². The van der Waals surface area contributed by atoms with E-state index in [0.717, 1.165) is 73.7 Å². The third-order valence-electron chi connectivity index (χ3n) is 11.6. The van der Waals surface area contributed by atoms with Crippen LogP contribution < -0.4 is 10.5 Å². The molecule has 0 radical (unpaired) electrons. The third-order valence-corrected chi connectivity index (χ3v) is 16.9. The van der Waals surface area contributed by atoms with Crippen LogP contribution in [-0.2, 0) is 65.5 Å². The highest BCUT2D eigenvalue weighted by molar-refractivity contribution is 7.87. The van der Waals surface area contributed by atoms with Gasteiger partial charge in [-0.2, -0.15) is 60.3 Å². The first-order chi connectivity index (χ1) is 39.8. The fraction of sp³-hybridized carbons (Fsp3) is 0.0233. The number of aromatic hydroxyl groups is 3. The average molecular weight is 1310 g/mol. The van der Waals surface area contributed by atoms with E-state index in [0.29, 0.717) is 28.9 Å². The molecule has 86 heavy (non-hydrogen) atoms. The molecule has 0 amide bonds. The molecule has 8 rings (SSSR count). The fourth-order valence-electron chi connectivity index (χ4n) is 7.78. The average Bonchev–Trinajstić information content (AvgIpc) is 0.959. The van der Waals surface area contributed by atoms with Gasteiger partial charge in [0.05, 0.1) is 32.3 Å². The van der Waals surface area contributed by atoms with Crippen LogP contribution in [0.25, 0.3) is 27.2 Å². The molecule has 0 atom stereocenters. The van der Waals surface area contributed by atoms with E-state index in [-0.39, 0.29) is 17.7 Å². The van der Waals surface area contributed by atoms with E-state index in [1.165, 1.54) is 0 Å². The van der Waals surface area contributed by atoms with Gasteiger partial charge in [0, 0.05) is 28.3 Å². The van der Waals surface area contributed by atoms with Crippen LogP contribution in [-0.4, -0.2) is 114 Å². The molecule has 0 saturated heterocycles. The highest BCUT2D eigenvalue weighted by Gasteiger charge is 2.30. The third kappa shape index (κ3) is 12.5. The van der Waals surface area contributed by atoms with Crippen molar-refractivity contribution in [2.75, 3.05) is 5.73 Å². The first-order valence-electron chi connectivity index (χ1n) is 22.2. The first kappa shape index (κ1) is 62.3. The van der Waals surface area contributed by atoms with E-state index in [1.54, 1.807) is 0 Å². The van der Waals surface area contributed by atoms with E-state index in [4.69, 9.17) is 10.5 Å². The molecule has 0 aliphatic heterocycles. The molecule has 37 nitrogen and oxygen atoms in total. The van der Waals surface area contributed by atoms with Gasteiger partial charge in [0.1, 0.15) is 58.6 Å². The Labute approximate surface area is 479 Å². The molecule has 7 aromatic carbocycles. The Morgan fingerprint density at radius 1 is 0.523 bits per heavy atom. The van der Waals surface area contributed by atoms with Gasteiger partial charge in [-0.15, -0.1) is 40.9 Å². The number of azo groups is 4. The number of aryl methyl sites for hydroxylation is 1. The molecular weight excluding hydrogens is 1280 g/mol. The van der Waals surface area contributed by atoms with Gasteiger partial charge in [-0.1, -0.05) is 6.07 Å². The van der Waals surface area contributed by atoms with Crippen LogP contribution in [0.3, 0.4) is 0 Å². The molecule has 0 spiro atoms. The molecule has 43 heteroatoms. The van der Waals surface area contributed by atoms with Crippen LogP contribution in [0.1, 0.15) is 5.56 Å². The molecule has 8 aromatic rings. The summed E-state index contributed by atoms with van der Waals surface area (Å²) < 4.78 is 215. The molecule has 0 fully saturated rings. The van der Waals surface area contributed by atoms with E-state index in [9.17, 15) is 108 Å². The number of non-ortho nitro benzene ring substituents is 1. The summed E-state index contributed by atoms with van der Waals surface area (Å²) in [4.78, 5) is 15.0. The van der Waals surface area contributed by atoms with E-state index in [2.05, 4.69) is 46.0 Å². The van der Waals surface area contributed by atoms with Gasteiger partial charge in [0.15, 0.2) is 11.5 Å². The number of nitro groups is 1. The zero-order valence-corrected chi connectivity index (χ0v) is 46.6. The lowest BCUT2D eigenvalue weighted by Gasteiger charge is -2.13. The number of aromatic nitrogens is 2. The zero-order chi connectivity index (χ0) is 63.6. The van der Waals surface area contributed by atoms with Crippen LogP contribution in [0.2, 0.25) is 0 Å². The lowest BCUT2D eigenvalue weighted by atomic mass is 10.1. The van der Waals surface area contributed by atoms with Crippen LogP contribution in [0.4, 0.5) is 56.9 Å². The molecule has 0 bridgehead atoms. The van der Waals surface area contributed by atoms with Crippen molar-refractivity contribution in [1.82, 2.24) is 9.78 Å². The number of fused-ring (bicyclic) bond motifs is 2. The normalized spacial score (nSPS) is 13.1. The number of anilines is 1. The molecule has 0 aliphatic carbocycles. The molecule has 0 aliphatic rings. The quantitative estimate of drug-likeness (QED) is 0.00978. The van der Waals surface area contributed by atoms with Gasteiger partial charge in [0.25, 0.3) is 78.7 Å². The van der Waals surface area contributed by atoms with Crippen molar-refractivity contribution in [2.45, 2.75) is 36.3 Å². The summed E-state index contributed by atoms with van der Waals surface area (Å²) in [7, 11) is -31.9. The highest BCUT2D eigenvalue weighted by Crippen LogP contribution is 2.49. The zero-order valence-electron chi connectivity index (χ0n) is 41.7. The predicted octanol–water partition coefficient (Wildman–Crippen LogP) is 7.77. The van der Waals surface area contributed by atoms with Crippen molar-refractivity contribution in [3.8, 4) is 28.9 Å². The van der Waals surface area contributed by atoms with Gasteiger partial charge in [-0.05, 0) is 85.3 Å².